The molecule has 2 atom stereocenters. The Labute approximate surface area is 124 Å². The second kappa shape index (κ2) is 5.22. The minimum absolute atomic E-state index is 0.0856. The second-order valence-corrected chi connectivity index (χ2v) is 6.08. The van der Waals surface area contributed by atoms with Crippen LogP contribution >= 0.6 is 0 Å². The SMILES string of the molecule is COc1cc2nc(C3(C)CCCCC3N)[nH]c2cc1OC. The van der Waals surface area contributed by atoms with Crippen molar-refractivity contribution in [2.45, 2.75) is 44.1 Å². The van der Waals surface area contributed by atoms with E-state index in [4.69, 9.17) is 20.2 Å². The predicted octanol–water partition coefficient (Wildman–Crippen LogP) is 2.74. The lowest BCUT2D eigenvalue weighted by Crippen LogP contribution is -2.46. The van der Waals surface area contributed by atoms with Gasteiger partial charge < -0.3 is 20.2 Å². The molecular formula is C16H23N3O2. The average molecular weight is 289 g/mol. The van der Waals surface area contributed by atoms with E-state index in [1.54, 1.807) is 14.2 Å². The Hall–Kier alpha value is -1.75. The van der Waals surface area contributed by atoms with E-state index in [9.17, 15) is 0 Å². The zero-order valence-corrected chi connectivity index (χ0v) is 12.9. The topological polar surface area (TPSA) is 73.2 Å². The molecule has 1 heterocycles. The van der Waals surface area contributed by atoms with E-state index in [-0.39, 0.29) is 11.5 Å². The maximum Gasteiger partial charge on any atom is 0.163 e. The van der Waals surface area contributed by atoms with Gasteiger partial charge in [0, 0.05) is 23.6 Å². The van der Waals surface area contributed by atoms with Gasteiger partial charge in [0.2, 0.25) is 0 Å². The number of H-pyrrole nitrogens is 1. The highest BCUT2D eigenvalue weighted by Gasteiger charge is 2.38. The van der Waals surface area contributed by atoms with Crippen LogP contribution in [0.5, 0.6) is 11.5 Å². The molecule has 21 heavy (non-hydrogen) atoms. The van der Waals surface area contributed by atoms with Crippen LogP contribution in [0.4, 0.5) is 0 Å². The van der Waals surface area contributed by atoms with Crippen molar-refractivity contribution in [3.63, 3.8) is 0 Å². The van der Waals surface area contributed by atoms with Gasteiger partial charge in [0.1, 0.15) is 5.82 Å². The van der Waals surface area contributed by atoms with E-state index in [0.717, 1.165) is 29.7 Å². The smallest absolute Gasteiger partial charge is 0.163 e. The van der Waals surface area contributed by atoms with Crippen LogP contribution in [0.2, 0.25) is 0 Å². The molecule has 5 heteroatoms. The van der Waals surface area contributed by atoms with Crippen LogP contribution in [0, 0.1) is 0 Å². The number of methoxy groups -OCH3 is 2. The first-order chi connectivity index (χ1) is 10.1. The zero-order valence-electron chi connectivity index (χ0n) is 12.9. The Bertz CT molecular complexity index is 611. The summed E-state index contributed by atoms with van der Waals surface area (Å²) in [6, 6.07) is 3.99. The van der Waals surface area contributed by atoms with Crippen molar-refractivity contribution < 1.29 is 9.47 Å². The molecular weight excluding hydrogens is 266 g/mol. The van der Waals surface area contributed by atoms with Gasteiger partial charge in [-0.2, -0.15) is 0 Å². The second-order valence-electron chi connectivity index (χ2n) is 6.08. The number of nitrogens with two attached hydrogens (primary N) is 1. The molecule has 0 saturated heterocycles. The summed E-state index contributed by atoms with van der Waals surface area (Å²) in [5.41, 5.74) is 8.13. The molecule has 0 spiro atoms. The van der Waals surface area contributed by atoms with E-state index in [2.05, 4.69) is 11.9 Å². The van der Waals surface area contributed by atoms with Crippen LogP contribution in [-0.4, -0.2) is 30.2 Å². The Balaban J connectivity index is 2.08. The molecule has 5 nitrogen and oxygen atoms in total. The van der Waals surface area contributed by atoms with Crippen molar-refractivity contribution in [2.75, 3.05) is 14.2 Å². The highest BCUT2D eigenvalue weighted by Crippen LogP contribution is 2.39. The number of hydrogen-bond acceptors (Lipinski definition) is 4. The summed E-state index contributed by atoms with van der Waals surface area (Å²) < 4.78 is 10.7. The minimum atomic E-state index is -0.0856. The molecule has 3 rings (SSSR count). The maximum atomic E-state index is 6.37. The standard InChI is InChI=1S/C16H23N3O2/c1-16(7-5-4-6-14(16)17)15-18-10-8-12(20-2)13(21-3)9-11(10)19-15/h8-9,14H,4-7,17H2,1-3H3,(H,18,19). The van der Waals surface area contributed by atoms with Crippen molar-refractivity contribution in [1.82, 2.24) is 9.97 Å². The molecule has 1 aliphatic rings. The number of ether oxygens (including phenoxy) is 2. The fourth-order valence-electron chi connectivity index (χ4n) is 3.26. The molecule has 0 bridgehead atoms. The number of imidazole rings is 1. The number of aromatic amines is 1. The number of nitrogens with zero attached hydrogens (tertiary/aromatic N) is 1. The third kappa shape index (κ3) is 2.25. The number of rotatable bonds is 3. The Morgan fingerprint density at radius 3 is 2.62 bits per heavy atom. The Morgan fingerprint density at radius 2 is 1.95 bits per heavy atom. The molecule has 0 aliphatic heterocycles. The summed E-state index contributed by atoms with van der Waals surface area (Å²) in [4.78, 5) is 8.21. The van der Waals surface area contributed by atoms with Gasteiger partial charge in [0.15, 0.2) is 11.5 Å². The molecule has 2 aromatic rings. The maximum absolute atomic E-state index is 6.37. The lowest BCUT2D eigenvalue weighted by atomic mass is 9.71. The molecule has 0 amide bonds. The summed E-state index contributed by atoms with van der Waals surface area (Å²) in [5.74, 6) is 2.37. The first-order valence-electron chi connectivity index (χ1n) is 7.46. The van der Waals surface area contributed by atoms with Crippen LogP contribution in [0.25, 0.3) is 11.0 Å². The van der Waals surface area contributed by atoms with E-state index < -0.39 is 0 Å². The third-order valence-electron chi connectivity index (χ3n) is 4.81. The Kier molecular flexibility index (Phi) is 3.53. The van der Waals surface area contributed by atoms with E-state index in [0.29, 0.717) is 11.5 Å². The van der Waals surface area contributed by atoms with Gasteiger partial charge in [-0.05, 0) is 12.8 Å². The monoisotopic (exact) mass is 289 g/mol. The van der Waals surface area contributed by atoms with Crippen molar-refractivity contribution in [2.24, 2.45) is 5.73 Å². The largest absolute Gasteiger partial charge is 0.493 e. The van der Waals surface area contributed by atoms with Gasteiger partial charge in [0.05, 0.1) is 25.3 Å². The summed E-state index contributed by atoms with van der Waals surface area (Å²) >= 11 is 0. The normalized spacial score (nSPS) is 26.0. The molecule has 1 fully saturated rings. The summed E-state index contributed by atoms with van der Waals surface area (Å²) in [7, 11) is 3.27. The van der Waals surface area contributed by atoms with Crippen LogP contribution in [0.3, 0.4) is 0 Å². The first-order valence-corrected chi connectivity index (χ1v) is 7.46. The van der Waals surface area contributed by atoms with Gasteiger partial charge in [-0.25, -0.2) is 4.98 Å². The van der Waals surface area contributed by atoms with E-state index >= 15 is 0 Å². The fraction of sp³-hybridized carbons (Fsp3) is 0.562. The zero-order chi connectivity index (χ0) is 15.0. The number of aromatic nitrogens is 2. The van der Waals surface area contributed by atoms with Crippen LogP contribution < -0.4 is 15.2 Å². The van der Waals surface area contributed by atoms with Crippen LogP contribution in [0.15, 0.2) is 12.1 Å². The highest BCUT2D eigenvalue weighted by atomic mass is 16.5. The van der Waals surface area contributed by atoms with E-state index in [1.807, 2.05) is 12.1 Å². The molecule has 1 aromatic carbocycles. The van der Waals surface area contributed by atoms with Crippen LogP contribution in [-0.2, 0) is 5.41 Å². The fourth-order valence-corrected chi connectivity index (χ4v) is 3.26. The molecule has 3 N–H and O–H groups in total. The number of benzene rings is 1. The van der Waals surface area contributed by atoms with Crippen molar-refractivity contribution in [3.8, 4) is 11.5 Å². The predicted molar refractivity (Wildman–Crippen MR) is 83.0 cm³/mol. The molecule has 1 aliphatic carbocycles. The molecule has 1 aromatic heterocycles. The molecule has 1 saturated carbocycles. The van der Waals surface area contributed by atoms with Gasteiger partial charge in [-0.3, -0.25) is 0 Å². The van der Waals surface area contributed by atoms with Gasteiger partial charge in [-0.1, -0.05) is 19.8 Å². The van der Waals surface area contributed by atoms with E-state index in [1.165, 1.54) is 12.8 Å². The van der Waals surface area contributed by atoms with Crippen molar-refractivity contribution in [1.29, 1.82) is 0 Å². The Morgan fingerprint density at radius 1 is 1.24 bits per heavy atom. The summed E-state index contributed by atoms with van der Waals surface area (Å²) in [5, 5.41) is 0. The van der Waals surface area contributed by atoms with Gasteiger partial charge >= 0.3 is 0 Å². The van der Waals surface area contributed by atoms with Crippen molar-refractivity contribution >= 4 is 11.0 Å². The highest BCUT2D eigenvalue weighted by molar-refractivity contribution is 5.80. The van der Waals surface area contributed by atoms with Gasteiger partial charge in [-0.15, -0.1) is 0 Å². The number of nitrogens with one attached hydrogen (secondary N) is 1. The third-order valence-corrected chi connectivity index (χ3v) is 4.81. The summed E-state index contributed by atoms with van der Waals surface area (Å²) in [6.45, 7) is 2.21. The number of hydrogen-bond donors (Lipinski definition) is 2. The van der Waals surface area contributed by atoms with Gasteiger partial charge in [0.25, 0.3) is 0 Å². The average Bonchev–Trinajstić information content (AvgIpc) is 2.92. The quantitative estimate of drug-likeness (QED) is 0.911. The molecule has 2 unspecified atom stereocenters. The first kappa shape index (κ1) is 14.2. The minimum Gasteiger partial charge on any atom is -0.493 e. The molecule has 0 radical (unpaired) electrons. The lowest BCUT2D eigenvalue weighted by Gasteiger charge is -2.37. The van der Waals surface area contributed by atoms with Crippen LogP contribution in [0.1, 0.15) is 38.4 Å². The van der Waals surface area contributed by atoms with Crippen molar-refractivity contribution in [3.05, 3.63) is 18.0 Å². The lowest BCUT2D eigenvalue weighted by molar-refractivity contribution is 0.260. The summed E-state index contributed by atoms with van der Waals surface area (Å²) in [6.07, 6.45) is 4.54. The molecule has 114 valence electrons. The number of fused-ring (bicyclic) bond motifs is 1.